The molecule has 0 atom stereocenters. The molecule has 0 unspecified atom stereocenters. The van der Waals surface area contributed by atoms with Crippen LogP contribution in [0, 0.1) is 0 Å². The molecule has 0 heterocycles. The van der Waals surface area contributed by atoms with Gasteiger partial charge in [-0.25, -0.2) is 0 Å². The Bertz CT molecular complexity index is 1050. The molecule has 0 radical (unpaired) electrons. The molecule has 0 saturated carbocycles. The van der Waals surface area contributed by atoms with E-state index in [9.17, 15) is 14.4 Å². The molecular formula is C24H22N2O5. The van der Waals surface area contributed by atoms with Gasteiger partial charge in [0, 0.05) is 11.3 Å². The number of carbonyl (C=O) groups excluding carboxylic acids is 3. The van der Waals surface area contributed by atoms with Gasteiger partial charge in [0.15, 0.2) is 6.61 Å². The predicted octanol–water partition coefficient (Wildman–Crippen LogP) is 3.27. The molecule has 3 aromatic rings. The summed E-state index contributed by atoms with van der Waals surface area (Å²) >= 11 is 0. The van der Waals surface area contributed by atoms with Crippen LogP contribution in [0.25, 0.3) is 11.1 Å². The van der Waals surface area contributed by atoms with Gasteiger partial charge < -0.3 is 20.1 Å². The first-order valence-corrected chi connectivity index (χ1v) is 9.58. The molecule has 158 valence electrons. The Labute approximate surface area is 180 Å². The standard InChI is InChI=1S/C24H22N2O5/c1-30-21-9-5-8-19(14-21)24(29)25-15-23(28)31-16-22(27)26-20-12-10-18(11-13-20)17-6-3-2-4-7-17/h2-14H,15-16H2,1H3,(H,25,29)(H,26,27). The van der Waals surface area contributed by atoms with E-state index in [1.165, 1.54) is 7.11 Å². The molecule has 0 bridgehead atoms. The summed E-state index contributed by atoms with van der Waals surface area (Å²) in [6.07, 6.45) is 0. The lowest BCUT2D eigenvalue weighted by atomic mass is 10.1. The summed E-state index contributed by atoms with van der Waals surface area (Å²) in [6, 6.07) is 23.7. The van der Waals surface area contributed by atoms with Gasteiger partial charge in [0.2, 0.25) is 0 Å². The second-order valence-electron chi connectivity index (χ2n) is 6.57. The Kier molecular flexibility index (Phi) is 7.37. The zero-order valence-corrected chi connectivity index (χ0v) is 17.0. The zero-order chi connectivity index (χ0) is 22.1. The normalized spacial score (nSPS) is 10.1. The van der Waals surface area contributed by atoms with Gasteiger partial charge in [-0.2, -0.15) is 0 Å². The molecule has 7 nitrogen and oxygen atoms in total. The van der Waals surface area contributed by atoms with Crippen molar-refractivity contribution in [2.45, 2.75) is 0 Å². The monoisotopic (exact) mass is 418 g/mol. The van der Waals surface area contributed by atoms with E-state index >= 15 is 0 Å². The van der Waals surface area contributed by atoms with E-state index in [4.69, 9.17) is 9.47 Å². The molecule has 0 saturated heterocycles. The second-order valence-corrected chi connectivity index (χ2v) is 6.57. The van der Waals surface area contributed by atoms with Crippen molar-refractivity contribution in [2.75, 3.05) is 25.6 Å². The summed E-state index contributed by atoms with van der Waals surface area (Å²) in [5.74, 6) is -1.10. The number of hydrogen-bond donors (Lipinski definition) is 2. The average molecular weight is 418 g/mol. The van der Waals surface area contributed by atoms with Crippen LogP contribution in [0.2, 0.25) is 0 Å². The molecule has 0 aromatic heterocycles. The van der Waals surface area contributed by atoms with Crippen molar-refractivity contribution in [1.82, 2.24) is 5.32 Å². The Morgan fingerprint density at radius 3 is 2.26 bits per heavy atom. The highest BCUT2D eigenvalue weighted by Gasteiger charge is 2.11. The number of carbonyl (C=O) groups is 3. The van der Waals surface area contributed by atoms with Gasteiger partial charge in [-0.1, -0.05) is 48.5 Å². The number of benzene rings is 3. The minimum atomic E-state index is -0.717. The van der Waals surface area contributed by atoms with E-state index in [2.05, 4.69) is 10.6 Å². The second kappa shape index (κ2) is 10.6. The summed E-state index contributed by atoms with van der Waals surface area (Å²) in [4.78, 5) is 35.9. The third kappa shape index (κ3) is 6.43. The fraction of sp³-hybridized carbons (Fsp3) is 0.125. The van der Waals surface area contributed by atoms with Crippen LogP contribution in [0.15, 0.2) is 78.9 Å². The van der Waals surface area contributed by atoms with E-state index < -0.39 is 24.4 Å². The molecule has 3 rings (SSSR count). The first-order valence-electron chi connectivity index (χ1n) is 9.58. The summed E-state index contributed by atoms with van der Waals surface area (Å²) < 4.78 is 9.97. The lowest BCUT2D eigenvalue weighted by Gasteiger charge is -2.09. The van der Waals surface area contributed by atoms with Crippen molar-refractivity contribution in [3.63, 3.8) is 0 Å². The summed E-state index contributed by atoms with van der Waals surface area (Å²) in [6.45, 7) is -0.802. The van der Waals surface area contributed by atoms with E-state index in [-0.39, 0.29) is 6.54 Å². The minimum absolute atomic E-state index is 0.351. The van der Waals surface area contributed by atoms with E-state index in [1.807, 2.05) is 42.5 Å². The third-order valence-corrected chi connectivity index (χ3v) is 4.37. The van der Waals surface area contributed by atoms with Crippen LogP contribution in [0.4, 0.5) is 5.69 Å². The number of ether oxygens (including phenoxy) is 2. The maximum absolute atomic E-state index is 12.1. The number of hydrogen-bond acceptors (Lipinski definition) is 5. The number of rotatable bonds is 8. The van der Waals surface area contributed by atoms with Gasteiger partial charge in [-0.3, -0.25) is 14.4 Å². The molecule has 0 aliphatic carbocycles. The first-order chi connectivity index (χ1) is 15.0. The number of methoxy groups -OCH3 is 1. The molecule has 0 aliphatic heterocycles. The van der Waals surface area contributed by atoms with E-state index in [1.54, 1.807) is 36.4 Å². The number of esters is 1. The predicted molar refractivity (Wildman–Crippen MR) is 117 cm³/mol. The van der Waals surface area contributed by atoms with Crippen LogP contribution < -0.4 is 15.4 Å². The van der Waals surface area contributed by atoms with Gasteiger partial charge >= 0.3 is 5.97 Å². The van der Waals surface area contributed by atoms with Crippen LogP contribution in [0.3, 0.4) is 0 Å². The molecular weight excluding hydrogens is 396 g/mol. The van der Waals surface area contributed by atoms with E-state index in [0.29, 0.717) is 17.0 Å². The molecule has 0 spiro atoms. The summed E-state index contributed by atoms with van der Waals surface area (Å²) in [5, 5.41) is 5.11. The zero-order valence-electron chi connectivity index (χ0n) is 17.0. The highest BCUT2D eigenvalue weighted by molar-refractivity contribution is 5.97. The summed E-state index contributed by atoms with van der Waals surface area (Å²) in [7, 11) is 1.50. The van der Waals surface area contributed by atoms with Crippen LogP contribution >= 0.6 is 0 Å². The fourth-order valence-corrected chi connectivity index (χ4v) is 2.79. The van der Waals surface area contributed by atoms with Crippen molar-refractivity contribution in [3.8, 4) is 16.9 Å². The van der Waals surface area contributed by atoms with Gasteiger partial charge in [-0.15, -0.1) is 0 Å². The van der Waals surface area contributed by atoms with Gasteiger partial charge in [0.25, 0.3) is 11.8 Å². The molecule has 2 amide bonds. The average Bonchev–Trinajstić information content (AvgIpc) is 2.82. The van der Waals surface area contributed by atoms with Crippen molar-refractivity contribution in [2.24, 2.45) is 0 Å². The Balaban J connectivity index is 1.42. The van der Waals surface area contributed by atoms with Crippen molar-refractivity contribution in [3.05, 3.63) is 84.4 Å². The Hall–Kier alpha value is -4.13. The first kappa shape index (κ1) is 21.6. The fourth-order valence-electron chi connectivity index (χ4n) is 2.79. The maximum atomic E-state index is 12.1. The van der Waals surface area contributed by atoms with Crippen LogP contribution in [0.1, 0.15) is 10.4 Å². The van der Waals surface area contributed by atoms with Crippen LogP contribution in [-0.4, -0.2) is 38.0 Å². The molecule has 2 N–H and O–H groups in total. The Morgan fingerprint density at radius 1 is 0.839 bits per heavy atom. The maximum Gasteiger partial charge on any atom is 0.325 e. The molecule has 3 aromatic carbocycles. The topological polar surface area (TPSA) is 93.7 Å². The lowest BCUT2D eigenvalue weighted by Crippen LogP contribution is -2.32. The number of amides is 2. The SMILES string of the molecule is COc1cccc(C(=O)NCC(=O)OCC(=O)Nc2ccc(-c3ccccc3)cc2)c1. The highest BCUT2D eigenvalue weighted by Crippen LogP contribution is 2.20. The third-order valence-electron chi connectivity index (χ3n) is 4.37. The number of anilines is 1. The quantitative estimate of drug-likeness (QED) is 0.548. The molecule has 0 aliphatic rings. The van der Waals surface area contributed by atoms with Crippen molar-refractivity contribution < 1.29 is 23.9 Å². The Morgan fingerprint density at radius 2 is 1.55 bits per heavy atom. The van der Waals surface area contributed by atoms with E-state index in [0.717, 1.165) is 11.1 Å². The smallest absolute Gasteiger partial charge is 0.325 e. The van der Waals surface area contributed by atoms with Gasteiger partial charge in [0.1, 0.15) is 12.3 Å². The molecule has 7 heteroatoms. The van der Waals surface area contributed by atoms with Crippen LogP contribution in [0.5, 0.6) is 5.75 Å². The largest absolute Gasteiger partial charge is 0.497 e. The molecule has 31 heavy (non-hydrogen) atoms. The summed E-state index contributed by atoms with van der Waals surface area (Å²) in [5.41, 5.74) is 3.04. The van der Waals surface area contributed by atoms with Crippen LogP contribution in [-0.2, 0) is 14.3 Å². The number of nitrogens with one attached hydrogen (secondary N) is 2. The van der Waals surface area contributed by atoms with Gasteiger partial charge in [-0.05, 0) is 41.5 Å². The van der Waals surface area contributed by atoms with Crippen molar-refractivity contribution in [1.29, 1.82) is 0 Å². The lowest BCUT2D eigenvalue weighted by molar-refractivity contribution is -0.146. The van der Waals surface area contributed by atoms with Gasteiger partial charge in [0.05, 0.1) is 7.11 Å². The highest BCUT2D eigenvalue weighted by atomic mass is 16.5. The molecule has 0 fully saturated rings. The van der Waals surface area contributed by atoms with Crippen molar-refractivity contribution >= 4 is 23.5 Å². The minimum Gasteiger partial charge on any atom is -0.497 e.